The second kappa shape index (κ2) is 5.14. The lowest BCUT2D eigenvalue weighted by Gasteiger charge is -2.08. The Morgan fingerprint density at radius 1 is 1.40 bits per heavy atom. The number of aldehydes is 2. The predicted molar refractivity (Wildman–Crippen MR) is 54.4 cm³/mol. The van der Waals surface area contributed by atoms with Crippen molar-refractivity contribution >= 4 is 12.6 Å². The van der Waals surface area contributed by atoms with E-state index >= 15 is 0 Å². The van der Waals surface area contributed by atoms with Crippen molar-refractivity contribution in [3.8, 4) is 11.5 Å². The zero-order chi connectivity index (χ0) is 11.3. The molecule has 15 heavy (non-hydrogen) atoms. The molecule has 0 aliphatic heterocycles. The molecular weight excluding hydrogens is 196 g/mol. The summed E-state index contributed by atoms with van der Waals surface area (Å²) in [5, 5.41) is 9.48. The van der Waals surface area contributed by atoms with Crippen molar-refractivity contribution in [2.24, 2.45) is 0 Å². The molecule has 0 saturated carbocycles. The van der Waals surface area contributed by atoms with Gasteiger partial charge in [0.2, 0.25) is 0 Å². The van der Waals surface area contributed by atoms with E-state index in [4.69, 9.17) is 4.74 Å². The van der Waals surface area contributed by atoms with Gasteiger partial charge in [-0.25, -0.2) is 0 Å². The first-order valence-corrected chi connectivity index (χ1v) is 4.51. The quantitative estimate of drug-likeness (QED) is 0.742. The van der Waals surface area contributed by atoms with Crippen LogP contribution < -0.4 is 4.74 Å². The summed E-state index contributed by atoms with van der Waals surface area (Å²) >= 11 is 0. The first kappa shape index (κ1) is 11.2. The van der Waals surface area contributed by atoms with Gasteiger partial charge in [-0.05, 0) is 24.1 Å². The molecule has 1 N–H and O–H groups in total. The predicted octanol–water partition coefficient (Wildman–Crippen LogP) is 1.34. The molecule has 0 aliphatic rings. The number of carbonyl (C=O) groups excluding carboxylic acids is 2. The second-order valence-corrected chi connectivity index (χ2v) is 3.05. The van der Waals surface area contributed by atoms with Crippen LogP contribution in [0.1, 0.15) is 22.3 Å². The number of phenols is 1. The van der Waals surface area contributed by atoms with Gasteiger partial charge in [-0.1, -0.05) is 0 Å². The third kappa shape index (κ3) is 2.56. The molecule has 0 heterocycles. The highest BCUT2D eigenvalue weighted by molar-refractivity contribution is 5.79. The zero-order valence-electron chi connectivity index (χ0n) is 8.40. The van der Waals surface area contributed by atoms with E-state index in [1.54, 1.807) is 0 Å². The van der Waals surface area contributed by atoms with Crippen LogP contribution in [0.5, 0.6) is 11.5 Å². The fraction of sp³-hybridized carbons (Fsp3) is 0.273. The number of ether oxygens (including phenoxy) is 1. The van der Waals surface area contributed by atoms with Gasteiger partial charge in [-0.15, -0.1) is 0 Å². The molecule has 0 aromatic heterocycles. The Kier molecular flexibility index (Phi) is 3.85. The molecule has 4 heteroatoms. The Labute approximate surface area is 87.5 Å². The number of aromatic hydroxyl groups is 1. The van der Waals surface area contributed by atoms with Gasteiger partial charge in [0.05, 0.1) is 7.11 Å². The highest BCUT2D eigenvalue weighted by Crippen LogP contribution is 2.29. The summed E-state index contributed by atoms with van der Waals surface area (Å²) in [4.78, 5) is 21.0. The number of hydrogen-bond donors (Lipinski definition) is 1. The second-order valence-electron chi connectivity index (χ2n) is 3.05. The molecule has 0 spiro atoms. The largest absolute Gasteiger partial charge is 0.504 e. The van der Waals surface area contributed by atoms with Crippen molar-refractivity contribution in [1.29, 1.82) is 0 Å². The van der Waals surface area contributed by atoms with Crippen molar-refractivity contribution in [1.82, 2.24) is 0 Å². The van der Waals surface area contributed by atoms with Crippen molar-refractivity contribution in [2.75, 3.05) is 7.11 Å². The standard InChI is InChI=1S/C11H12O4/c1-15-11-6-9(7-13)8(3-2-4-12)5-10(11)14/h4-7,14H,2-3H2,1H3. The molecular formula is C11H12O4. The lowest BCUT2D eigenvalue weighted by atomic mass is 10.0. The van der Waals surface area contributed by atoms with Crippen molar-refractivity contribution in [2.45, 2.75) is 12.8 Å². The summed E-state index contributed by atoms with van der Waals surface area (Å²) in [6.07, 6.45) is 2.22. The van der Waals surface area contributed by atoms with Crippen LogP contribution in [-0.4, -0.2) is 24.8 Å². The first-order valence-electron chi connectivity index (χ1n) is 4.51. The number of benzene rings is 1. The summed E-state index contributed by atoms with van der Waals surface area (Å²) in [7, 11) is 1.41. The molecule has 0 unspecified atom stereocenters. The van der Waals surface area contributed by atoms with E-state index in [1.807, 2.05) is 0 Å². The van der Waals surface area contributed by atoms with Crippen LogP contribution in [-0.2, 0) is 11.2 Å². The molecule has 4 nitrogen and oxygen atoms in total. The van der Waals surface area contributed by atoms with E-state index in [9.17, 15) is 14.7 Å². The Hall–Kier alpha value is -1.84. The summed E-state index contributed by atoms with van der Waals surface area (Å²) in [6.45, 7) is 0. The maximum atomic E-state index is 10.7. The van der Waals surface area contributed by atoms with Gasteiger partial charge < -0.3 is 14.6 Å². The normalized spacial score (nSPS) is 9.67. The van der Waals surface area contributed by atoms with E-state index < -0.39 is 0 Å². The van der Waals surface area contributed by atoms with Crippen LogP contribution in [0.3, 0.4) is 0 Å². The Balaban J connectivity index is 3.08. The summed E-state index contributed by atoms with van der Waals surface area (Å²) in [5.74, 6) is 0.232. The lowest BCUT2D eigenvalue weighted by Crippen LogP contribution is -1.95. The van der Waals surface area contributed by atoms with Gasteiger partial charge in [0, 0.05) is 12.0 Å². The molecule has 0 saturated heterocycles. The Morgan fingerprint density at radius 2 is 2.13 bits per heavy atom. The minimum absolute atomic E-state index is 0.0241. The number of hydrogen-bond acceptors (Lipinski definition) is 4. The van der Waals surface area contributed by atoms with Gasteiger partial charge in [-0.2, -0.15) is 0 Å². The van der Waals surface area contributed by atoms with Crippen LogP contribution >= 0.6 is 0 Å². The van der Waals surface area contributed by atoms with Crippen LogP contribution in [0.4, 0.5) is 0 Å². The first-order chi connectivity index (χ1) is 7.22. The molecule has 0 radical (unpaired) electrons. The van der Waals surface area contributed by atoms with E-state index in [0.29, 0.717) is 30.3 Å². The number of carbonyl (C=O) groups is 2. The summed E-state index contributed by atoms with van der Waals surface area (Å²) in [6, 6.07) is 2.91. The summed E-state index contributed by atoms with van der Waals surface area (Å²) in [5.41, 5.74) is 1.09. The fourth-order valence-corrected chi connectivity index (χ4v) is 1.33. The van der Waals surface area contributed by atoms with E-state index in [-0.39, 0.29) is 11.5 Å². The summed E-state index contributed by atoms with van der Waals surface area (Å²) < 4.78 is 4.87. The third-order valence-corrected chi connectivity index (χ3v) is 2.10. The lowest BCUT2D eigenvalue weighted by molar-refractivity contribution is -0.107. The maximum Gasteiger partial charge on any atom is 0.161 e. The monoisotopic (exact) mass is 208 g/mol. The number of aryl methyl sites for hydroxylation is 1. The van der Waals surface area contributed by atoms with Gasteiger partial charge in [-0.3, -0.25) is 4.79 Å². The molecule has 1 aromatic rings. The number of rotatable bonds is 5. The minimum Gasteiger partial charge on any atom is -0.504 e. The SMILES string of the molecule is COc1cc(C=O)c(CCC=O)cc1O. The van der Waals surface area contributed by atoms with Crippen LogP contribution in [0, 0.1) is 0 Å². The van der Waals surface area contributed by atoms with E-state index in [0.717, 1.165) is 6.29 Å². The third-order valence-electron chi connectivity index (χ3n) is 2.10. The molecule has 0 aliphatic carbocycles. The number of methoxy groups -OCH3 is 1. The average molecular weight is 208 g/mol. The van der Waals surface area contributed by atoms with Gasteiger partial charge >= 0.3 is 0 Å². The van der Waals surface area contributed by atoms with Crippen LogP contribution in [0.25, 0.3) is 0 Å². The number of phenolic OH excluding ortho intramolecular Hbond substituents is 1. The fourth-order valence-electron chi connectivity index (χ4n) is 1.33. The van der Waals surface area contributed by atoms with Crippen molar-refractivity contribution in [3.63, 3.8) is 0 Å². The van der Waals surface area contributed by atoms with E-state index in [2.05, 4.69) is 0 Å². The topological polar surface area (TPSA) is 63.6 Å². The maximum absolute atomic E-state index is 10.7. The highest BCUT2D eigenvalue weighted by Gasteiger charge is 2.08. The van der Waals surface area contributed by atoms with E-state index in [1.165, 1.54) is 19.2 Å². The molecule has 0 fully saturated rings. The van der Waals surface area contributed by atoms with Crippen molar-refractivity contribution < 1.29 is 19.4 Å². The average Bonchev–Trinajstić information content (AvgIpc) is 2.26. The van der Waals surface area contributed by atoms with Crippen LogP contribution in [0.15, 0.2) is 12.1 Å². The molecule has 1 aromatic carbocycles. The van der Waals surface area contributed by atoms with Gasteiger partial charge in [0.1, 0.15) is 12.6 Å². The minimum atomic E-state index is -0.0241. The van der Waals surface area contributed by atoms with Gasteiger partial charge in [0.25, 0.3) is 0 Å². The Bertz CT molecular complexity index is 371. The highest BCUT2D eigenvalue weighted by atomic mass is 16.5. The molecule has 0 atom stereocenters. The molecule has 80 valence electrons. The molecule has 0 amide bonds. The smallest absolute Gasteiger partial charge is 0.161 e. The zero-order valence-corrected chi connectivity index (χ0v) is 8.40. The molecule has 0 bridgehead atoms. The molecule has 1 rings (SSSR count). The van der Waals surface area contributed by atoms with Crippen molar-refractivity contribution in [3.05, 3.63) is 23.3 Å². The van der Waals surface area contributed by atoms with Crippen LogP contribution in [0.2, 0.25) is 0 Å². The Morgan fingerprint density at radius 3 is 2.67 bits per heavy atom. The van der Waals surface area contributed by atoms with Gasteiger partial charge in [0.15, 0.2) is 11.5 Å².